The molecule has 0 atom stereocenters. The molecule has 30 heavy (non-hydrogen) atoms. The fraction of sp³-hybridized carbons (Fsp3) is 0.167. The summed E-state index contributed by atoms with van der Waals surface area (Å²) in [6.45, 7) is 0.571. The first-order valence-electron chi connectivity index (χ1n) is 10.1. The molecule has 4 aromatic rings. The zero-order chi connectivity index (χ0) is 20.2. The monoisotopic (exact) mass is 398 g/mol. The van der Waals surface area contributed by atoms with E-state index < -0.39 is 0 Å². The minimum absolute atomic E-state index is 0.571. The normalized spacial score (nSPS) is 12.5. The third-order valence-corrected chi connectivity index (χ3v) is 5.00. The summed E-state index contributed by atoms with van der Waals surface area (Å²) in [5.74, 6) is 3.32. The van der Waals surface area contributed by atoms with Gasteiger partial charge in [0.15, 0.2) is 0 Å². The second-order valence-electron chi connectivity index (χ2n) is 7.13. The molecule has 0 fully saturated rings. The molecule has 0 saturated heterocycles. The van der Waals surface area contributed by atoms with Crippen LogP contribution < -0.4 is 20.2 Å². The van der Waals surface area contributed by atoms with Crippen molar-refractivity contribution in [2.24, 2.45) is 0 Å². The third-order valence-electron chi connectivity index (χ3n) is 5.00. The lowest BCUT2D eigenvalue weighted by atomic mass is 10.1. The number of rotatable bonds is 7. The predicted molar refractivity (Wildman–Crippen MR) is 116 cm³/mol. The summed E-state index contributed by atoms with van der Waals surface area (Å²) < 4.78 is 11.8. The predicted octanol–water partition coefficient (Wildman–Crippen LogP) is 3.57. The Morgan fingerprint density at radius 2 is 1.57 bits per heavy atom. The molecule has 2 N–H and O–H groups in total. The van der Waals surface area contributed by atoms with E-state index in [0.717, 1.165) is 64.3 Å². The molecule has 0 aliphatic heterocycles. The lowest BCUT2D eigenvalue weighted by Crippen LogP contribution is -2.26. The topological polar surface area (TPSA) is 75.8 Å². The average molecular weight is 398 g/mol. The molecule has 2 aromatic heterocycles. The first kappa shape index (κ1) is 18.2. The van der Waals surface area contributed by atoms with Gasteiger partial charge in [0, 0.05) is 12.6 Å². The van der Waals surface area contributed by atoms with E-state index in [-0.39, 0.29) is 0 Å². The first-order valence-corrected chi connectivity index (χ1v) is 10.1. The van der Waals surface area contributed by atoms with Crippen molar-refractivity contribution < 1.29 is 9.47 Å². The van der Waals surface area contributed by atoms with Gasteiger partial charge in [-0.05, 0) is 73.0 Å². The summed E-state index contributed by atoms with van der Waals surface area (Å²) in [5.41, 5.74) is 2.05. The average Bonchev–Trinajstić information content (AvgIpc) is 3.45. The highest BCUT2D eigenvalue weighted by Gasteiger charge is 2.04. The van der Waals surface area contributed by atoms with Crippen LogP contribution in [0.2, 0.25) is 0 Å². The van der Waals surface area contributed by atoms with E-state index in [1.165, 1.54) is 0 Å². The maximum absolute atomic E-state index is 5.92. The SMILES string of the molecule is C1=c2nc(CCOc3ccc(Oc4ccc(-c5ccn[nH]5)cc4)cc3)[nH]c2=CCC1. The van der Waals surface area contributed by atoms with Crippen molar-refractivity contribution in [1.82, 2.24) is 20.2 Å². The van der Waals surface area contributed by atoms with E-state index in [0.29, 0.717) is 6.61 Å². The van der Waals surface area contributed by atoms with Gasteiger partial charge < -0.3 is 14.5 Å². The molecule has 2 heterocycles. The van der Waals surface area contributed by atoms with Crippen LogP contribution >= 0.6 is 0 Å². The van der Waals surface area contributed by atoms with Gasteiger partial charge >= 0.3 is 0 Å². The van der Waals surface area contributed by atoms with Crippen LogP contribution in [0.1, 0.15) is 18.7 Å². The minimum Gasteiger partial charge on any atom is -0.493 e. The Morgan fingerprint density at radius 3 is 2.30 bits per heavy atom. The van der Waals surface area contributed by atoms with Crippen molar-refractivity contribution in [3.8, 4) is 28.5 Å². The number of aromatic nitrogens is 4. The standard InChI is InChI=1S/C24H22N4O2/c1-2-4-23-22(3-1)26-24(27-23)14-16-29-18-9-11-20(12-10-18)30-19-7-5-17(6-8-19)21-13-15-25-28-21/h3-13,15H,1-2,14,16H2,(H,25,28)(H,26,27). The van der Waals surface area contributed by atoms with Crippen LogP contribution in [-0.4, -0.2) is 26.8 Å². The molecule has 0 bridgehead atoms. The Labute approximate surface area is 173 Å². The summed E-state index contributed by atoms with van der Waals surface area (Å²) in [7, 11) is 0. The summed E-state index contributed by atoms with van der Waals surface area (Å²) in [4.78, 5) is 7.98. The number of ether oxygens (including phenoxy) is 2. The van der Waals surface area contributed by atoms with Crippen LogP contribution in [0.25, 0.3) is 23.4 Å². The lowest BCUT2D eigenvalue weighted by Gasteiger charge is -2.08. The van der Waals surface area contributed by atoms with Gasteiger partial charge in [-0.25, -0.2) is 4.98 Å². The molecule has 0 unspecified atom stereocenters. The number of hydrogen-bond acceptors (Lipinski definition) is 4. The molecule has 150 valence electrons. The second kappa shape index (κ2) is 8.29. The molecular weight excluding hydrogens is 376 g/mol. The number of H-pyrrole nitrogens is 2. The Hall–Kier alpha value is -3.80. The number of benzene rings is 2. The summed E-state index contributed by atoms with van der Waals surface area (Å²) in [5, 5.41) is 9.13. The van der Waals surface area contributed by atoms with Crippen LogP contribution in [0.4, 0.5) is 0 Å². The van der Waals surface area contributed by atoms with Gasteiger partial charge in [-0.1, -0.05) is 12.2 Å². The van der Waals surface area contributed by atoms with Crippen molar-refractivity contribution in [1.29, 1.82) is 0 Å². The molecular formula is C24H22N4O2. The third kappa shape index (κ3) is 4.12. The lowest BCUT2D eigenvalue weighted by molar-refractivity contribution is 0.318. The van der Waals surface area contributed by atoms with E-state index in [1.807, 2.05) is 54.6 Å². The van der Waals surface area contributed by atoms with Crippen molar-refractivity contribution in [2.75, 3.05) is 6.61 Å². The Morgan fingerprint density at radius 1 is 0.833 bits per heavy atom. The highest BCUT2D eigenvalue weighted by Crippen LogP contribution is 2.26. The Bertz CT molecular complexity index is 1190. The van der Waals surface area contributed by atoms with Gasteiger partial charge in [0.2, 0.25) is 0 Å². The van der Waals surface area contributed by atoms with Gasteiger partial charge in [-0.2, -0.15) is 5.10 Å². The van der Waals surface area contributed by atoms with E-state index in [9.17, 15) is 0 Å². The molecule has 0 spiro atoms. The largest absolute Gasteiger partial charge is 0.493 e. The van der Waals surface area contributed by atoms with Crippen molar-refractivity contribution >= 4 is 12.2 Å². The fourth-order valence-corrected chi connectivity index (χ4v) is 3.46. The molecule has 5 rings (SSSR count). The van der Waals surface area contributed by atoms with Crippen LogP contribution in [0, 0.1) is 0 Å². The number of nitrogens with zero attached hydrogens (tertiary/aromatic N) is 2. The van der Waals surface area contributed by atoms with Gasteiger partial charge in [-0.3, -0.25) is 5.10 Å². The van der Waals surface area contributed by atoms with E-state index in [4.69, 9.17) is 9.47 Å². The second-order valence-corrected chi connectivity index (χ2v) is 7.13. The van der Waals surface area contributed by atoms with Crippen LogP contribution in [0.5, 0.6) is 17.2 Å². The summed E-state index contributed by atoms with van der Waals surface area (Å²) in [6.07, 6.45) is 9.01. The molecule has 0 radical (unpaired) electrons. The first-order chi connectivity index (χ1) is 14.8. The van der Waals surface area contributed by atoms with E-state index in [2.05, 4.69) is 32.3 Å². The Balaban J connectivity index is 1.15. The zero-order valence-corrected chi connectivity index (χ0v) is 16.5. The maximum atomic E-state index is 5.92. The molecule has 6 nitrogen and oxygen atoms in total. The van der Waals surface area contributed by atoms with Gasteiger partial charge in [0.05, 0.1) is 23.0 Å². The minimum atomic E-state index is 0.571. The van der Waals surface area contributed by atoms with E-state index >= 15 is 0 Å². The van der Waals surface area contributed by atoms with Crippen LogP contribution in [0.3, 0.4) is 0 Å². The van der Waals surface area contributed by atoms with Crippen molar-refractivity contribution in [2.45, 2.75) is 19.3 Å². The van der Waals surface area contributed by atoms with Crippen molar-refractivity contribution in [3.63, 3.8) is 0 Å². The highest BCUT2D eigenvalue weighted by molar-refractivity contribution is 5.59. The number of aromatic amines is 2. The molecule has 6 heteroatoms. The van der Waals surface area contributed by atoms with Crippen molar-refractivity contribution in [3.05, 3.63) is 77.3 Å². The van der Waals surface area contributed by atoms with Gasteiger partial charge in [0.25, 0.3) is 0 Å². The summed E-state index contributed by atoms with van der Waals surface area (Å²) in [6, 6.07) is 17.5. The zero-order valence-electron chi connectivity index (χ0n) is 16.5. The maximum Gasteiger partial charge on any atom is 0.127 e. The molecule has 0 amide bonds. The van der Waals surface area contributed by atoms with Gasteiger partial charge in [0.1, 0.15) is 23.1 Å². The highest BCUT2D eigenvalue weighted by atomic mass is 16.5. The Kier molecular flexibility index (Phi) is 5.04. The van der Waals surface area contributed by atoms with Crippen LogP contribution in [-0.2, 0) is 6.42 Å². The molecule has 0 saturated carbocycles. The number of fused-ring (bicyclic) bond motifs is 1. The van der Waals surface area contributed by atoms with E-state index in [1.54, 1.807) is 6.20 Å². The van der Waals surface area contributed by atoms with Gasteiger partial charge in [-0.15, -0.1) is 0 Å². The number of imidazole rings is 1. The number of nitrogens with one attached hydrogen (secondary N) is 2. The molecule has 1 aliphatic rings. The molecule has 1 aliphatic carbocycles. The smallest absolute Gasteiger partial charge is 0.127 e. The quantitative estimate of drug-likeness (QED) is 0.499. The van der Waals surface area contributed by atoms with Crippen LogP contribution in [0.15, 0.2) is 60.8 Å². The number of hydrogen-bond donors (Lipinski definition) is 2. The summed E-state index contributed by atoms with van der Waals surface area (Å²) >= 11 is 0. The molecule has 2 aromatic carbocycles. The fourth-order valence-electron chi connectivity index (χ4n) is 3.46.